The molecule has 0 spiro atoms. The summed E-state index contributed by atoms with van der Waals surface area (Å²) >= 11 is 0. The van der Waals surface area contributed by atoms with Gasteiger partial charge in [-0.2, -0.15) is 0 Å². The molecule has 4 heteroatoms. The molecule has 0 aromatic rings. The molecule has 0 fully saturated rings. The van der Waals surface area contributed by atoms with Gasteiger partial charge in [0.1, 0.15) is 0 Å². The van der Waals surface area contributed by atoms with E-state index in [0.29, 0.717) is 0 Å². The average molecular weight is 399 g/mol. The minimum absolute atomic E-state index is 0. The summed E-state index contributed by atoms with van der Waals surface area (Å²) in [5.74, 6) is 0. The monoisotopic (exact) mass is 399 g/mol. The first-order valence-electron chi connectivity index (χ1n) is 2.41. The zero-order chi connectivity index (χ0) is 5.86. The summed E-state index contributed by atoms with van der Waals surface area (Å²) in [4.78, 5) is 0. The molecule has 0 N–H and O–H groups in total. The second-order valence-electron chi connectivity index (χ2n) is 1.92. The molecule has 0 heterocycles. The van der Waals surface area contributed by atoms with Crippen LogP contribution in [0.4, 0.5) is 0 Å². The Morgan fingerprint density at radius 3 is 1.12 bits per heavy atom. The molecule has 0 saturated heterocycles. The number of rotatable bonds is 2. The van der Waals surface area contributed by atoms with Gasteiger partial charge in [-0.3, -0.25) is 0 Å². The van der Waals surface area contributed by atoms with Crippen molar-refractivity contribution < 1.29 is 4.12 Å². The first-order chi connectivity index (χ1) is 3.13. The van der Waals surface area contributed by atoms with Crippen LogP contribution in [0.5, 0.6) is 0 Å². The van der Waals surface area contributed by atoms with Crippen molar-refractivity contribution in [3.05, 3.63) is 0 Å². The van der Waals surface area contributed by atoms with Crippen LogP contribution in [-0.4, -0.2) is 18.1 Å². The third kappa shape index (κ3) is 9.04. The molecule has 0 aliphatic carbocycles. The van der Waals surface area contributed by atoms with Crippen LogP contribution >= 0.6 is 0 Å². The summed E-state index contributed by atoms with van der Waals surface area (Å²) in [6.45, 7) is 8.68. The quantitative estimate of drug-likeness (QED) is 0.640. The van der Waals surface area contributed by atoms with E-state index in [0.717, 1.165) is 0 Å². The topological polar surface area (TPSA) is 9.23 Å². The molecule has 0 aromatic heterocycles. The Kier molecular flexibility index (Phi) is 5.91. The van der Waals surface area contributed by atoms with E-state index in [1.165, 1.54) is 0 Å². The molecule has 8 heavy (non-hydrogen) atoms. The van der Waals surface area contributed by atoms with E-state index in [1.54, 1.807) is 0 Å². The van der Waals surface area contributed by atoms with Gasteiger partial charge in [-0.1, -0.05) is 0 Å². The molecule has 0 unspecified atom stereocenters. The van der Waals surface area contributed by atoms with Crippen LogP contribution in [0, 0.1) is 0 Å². The van der Waals surface area contributed by atoms with E-state index >= 15 is 0 Å². The van der Waals surface area contributed by atoms with Gasteiger partial charge in [0.2, 0.25) is 0 Å². The number of hydrogen-bond acceptors (Lipinski definition) is 1. The third-order valence-corrected chi connectivity index (χ3v) is 3.67. The standard InChI is InChI=1S/C4H12OSi2.Rf/c1-6(2)5-7(3)4;/h1-4H3;. The first-order valence-corrected chi connectivity index (χ1v) is 7.22. The van der Waals surface area contributed by atoms with Gasteiger partial charge in [-0.15, -0.1) is 0 Å². The Morgan fingerprint density at radius 1 is 0.875 bits per heavy atom. The van der Waals surface area contributed by atoms with Crippen molar-refractivity contribution in [2.24, 2.45) is 0 Å². The van der Waals surface area contributed by atoms with Crippen LogP contribution in [0.25, 0.3) is 0 Å². The van der Waals surface area contributed by atoms with Gasteiger partial charge in [-0.25, -0.2) is 0 Å². The molecule has 2 radical (unpaired) electrons. The van der Waals surface area contributed by atoms with Gasteiger partial charge >= 0.3 is 0 Å². The zero-order valence-electron chi connectivity index (χ0n) is 6.12. The van der Waals surface area contributed by atoms with Crippen molar-refractivity contribution in [1.29, 1.82) is 0 Å². The van der Waals surface area contributed by atoms with Gasteiger partial charge in [0.25, 0.3) is 0 Å². The summed E-state index contributed by atoms with van der Waals surface area (Å²) in [7, 11) is -0.778. The summed E-state index contributed by atoms with van der Waals surface area (Å²) in [6.07, 6.45) is 0. The predicted octanol–water partition coefficient (Wildman–Crippen LogP) is 1.51. The molecule has 0 aliphatic rings. The zero-order valence-corrected chi connectivity index (χ0v) is 14.5. The van der Waals surface area contributed by atoms with Gasteiger partial charge in [0.15, 0.2) is 18.1 Å². The average Bonchev–Trinajstić information content (AvgIpc) is 1.27. The molecule has 0 amide bonds. The predicted molar refractivity (Wildman–Crippen MR) is 36.0 cm³/mol. The van der Waals surface area contributed by atoms with E-state index in [2.05, 4.69) is 26.2 Å². The summed E-state index contributed by atoms with van der Waals surface area (Å²) in [6, 6.07) is 0. The minimum atomic E-state index is -0.389. The summed E-state index contributed by atoms with van der Waals surface area (Å²) < 4.78 is 5.45. The van der Waals surface area contributed by atoms with E-state index in [9.17, 15) is 0 Å². The fraction of sp³-hybridized carbons (Fsp3) is 1.00. The smallest absolute Gasteiger partial charge is 0.191 e. The van der Waals surface area contributed by atoms with Crippen molar-refractivity contribution in [1.82, 2.24) is 0 Å². The van der Waals surface area contributed by atoms with Gasteiger partial charge in [0, 0.05) is 0 Å². The molecule has 1 nitrogen and oxygen atoms in total. The molecule has 44 valence electrons. The van der Waals surface area contributed by atoms with Crippen LogP contribution in [0.3, 0.4) is 0 Å². The van der Waals surface area contributed by atoms with E-state index < -0.39 is 0 Å². The molecule has 0 aromatic carbocycles. The maximum absolute atomic E-state index is 5.45. The molecule has 0 saturated carbocycles. The molecule has 0 atom stereocenters. The fourth-order valence-electron chi connectivity index (χ4n) is 0.408. The Bertz CT molecular complexity index is 43.3. The molecular weight excluding hydrogens is 387 g/mol. The summed E-state index contributed by atoms with van der Waals surface area (Å²) in [5.41, 5.74) is 0. The third-order valence-electron chi connectivity index (χ3n) is 0.408. The maximum Gasteiger partial charge on any atom is 0.191 e. The van der Waals surface area contributed by atoms with Crippen molar-refractivity contribution in [3.8, 4) is 0 Å². The minimum Gasteiger partial charge on any atom is -0.456 e. The van der Waals surface area contributed by atoms with E-state index in [1.807, 2.05) is 0 Å². The van der Waals surface area contributed by atoms with E-state index in [4.69, 9.17) is 4.12 Å². The Morgan fingerprint density at radius 2 is 1.12 bits per heavy atom. The van der Waals surface area contributed by atoms with E-state index in [-0.39, 0.29) is 18.1 Å². The van der Waals surface area contributed by atoms with Gasteiger partial charge in [0.05, 0.1) is 0 Å². The van der Waals surface area contributed by atoms with Crippen LogP contribution in [-0.2, 0) is 4.12 Å². The first kappa shape index (κ1) is 10.4. The number of hydrogen-bond donors (Lipinski definition) is 0. The molecule has 0 bridgehead atoms. The normalized spacial score (nSPS) is 9.75. The molecule has 0 rings (SSSR count). The fourth-order valence-corrected chi connectivity index (χ4v) is 3.67. The Hall–Kier alpha value is -0.606. The second-order valence-corrected chi connectivity index (χ2v) is 6.37. The maximum atomic E-state index is 5.45. The van der Waals surface area contributed by atoms with Crippen molar-refractivity contribution in [2.45, 2.75) is 26.2 Å². The van der Waals surface area contributed by atoms with Crippen LogP contribution in [0.1, 0.15) is 0 Å². The second kappa shape index (κ2) is 4.55. The van der Waals surface area contributed by atoms with Crippen molar-refractivity contribution in [2.75, 3.05) is 0 Å². The Balaban J connectivity index is 0. The van der Waals surface area contributed by atoms with Crippen molar-refractivity contribution >= 4 is 18.1 Å². The summed E-state index contributed by atoms with van der Waals surface area (Å²) in [5, 5.41) is 0. The van der Waals surface area contributed by atoms with Gasteiger partial charge < -0.3 is 4.12 Å². The largest absolute Gasteiger partial charge is 0.456 e. The van der Waals surface area contributed by atoms with Crippen LogP contribution < -0.4 is 0 Å². The Labute approximate surface area is 49.1 Å². The SMILES string of the molecule is C[Si](C)O[Si](C)C.[Rf]. The molecular formula is C4H12ORfSi2. The van der Waals surface area contributed by atoms with Crippen molar-refractivity contribution in [3.63, 3.8) is 0 Å². The molecule has 0 aliphatic heterocycles. The van der Waals surface area contributed by atoms with Crippen LogP contribution in [0.2, 0.25) is 26.2 Å². The van der Waals surface area contributed by atoms with Crippen LogP contribution in [0.15, 0.2) is 0 Å². The van der Waals surface area contributed by atoms with Gasteiger partial charge in [-0.05, 0) is 26.2 Å².